The van der Waals surface area contributed by atoms with E-state index in [-0.39, 0.29) is 11.8 Å². The first-order valence-electron chi connectivity index (χ1n) is 7.75. The first-order valence-corrected chi connectivity index (χ1v) is 7.75. The molecule has 0 bridgehead atoms. The lowest BCUT2D eigenvalue weighted by atomic mass is 10.1. The van der Waals surface area contributed by atoms with E-state index in [4.69, 9.17) is 0 Å². The van der Waals surface area contributed by atoms with Gasteiger partial charge < -0.3 is 9.47 Å². The van der Waals surface area contributed by atoms with Crippen LogP contribution in [-0.4, -0.2) is 43.4 Å². The molecule has 0 aliphatic carbocycles. The minimum absolute atomic E-state index is 0.232. The predicted molar refractivity (Wildman–Crippen MR) is 82.2 cm³/mol. The number of amides is 1. The number of rotatable bonds is 5. The van der Waals surface area contributed by atoms with Gasteiger partial charge in [0.2, 0.25) is 5.91 Å². The van der Waals surface area contributed by atoms with Crippen LogP contribution in [0.1, 0.15) is 36.7 Å². The minimum Gasteiger partial charge on any atom is -0.342 e. The molecule has 22 heavy (non-hydrogen) atoms. The molecular weight excluding hydrogens is 278 g/mol. The second-order valence-corrected chi connectivity index (χ2v) is 5.79. The number of carbonyl (C=O) groups is 1. The first-order chi connectivity index (χ1) is 10.7. The predicted octanol–water partition coefficient (Wildman–Crippen LogP) is 1.78. The summed E-state index contributed by atoms with van der Waals surface area (Å²) in [6.07, 6.45) is 9.65. The Hall–Kier alpha value is -2.24. The van der Waals surface area contributed by atoms with Crippen LogP contribution in [0.5, 0.6) is 0 Å². The molecule has 1 fully saturated rings. The highest BCUT2D eigenvalue weighted by atomic mass is 16.2. The first kappa shape index (κ1) is 14.7. The van der Waals surface area contributed by atoms with E-state index in [1.807, 2.05) is 28.7 Å². The summed E-state index contributed by atoms with van der Waals surface area (Å²) in [7, 11) is 0. The summed E-state index contributed by atoms with van der Waals surface area (Å²) in [5.74, 6) is 1.38. The topological polar surface area (TPSA) is 63.9 Å². The van der Waals surface area contributed by atoms with Gasteiger partial charge in [0.15, 0.2) is 0 Å². The largest absolute Gasteiger partial charge is 0.342 e. The zero-order chi connectivity index (χ0) is 15.4. The lowest BCUT2D eigenvalue weighted by Gasteiger charge is -2.16. The molecule has 3 heterocycles. The summed E-state index contributed by atoms with van der Waals surface area (Å²) < 4.78 is 2.00. The Balaban J connectivity index is 1.48. The third-order valence-electron chi connectivity index (χ3n) is 4.09. The zero-order valence-electron chi connectivity index (χ0n) is 12.9. The lowest BCUT2D eigenvalue weighted by molar-refractivity contribution is -0.130. The highest BCUT2D eigenvalue weighted by Gasteiger charge is 2.28. The van der Waals surface area contributed by atoms with Crippen LogP contribution in [0.25, 0.3) is 0 Å². The molecule has 3 rings (SSSR count). The number of hydrogen-bond donors (Lipinski definition) is 0. The Morgan fingerprint density at radius 1 is 1.41 bits per heavy atom. The molecule has 6 nitrogen and oxygen atoms in total. The third kappa shape index (κ3) is 3.50. The quantitative estimate of drug-likeness (QED) is 0.844. The van der Waals surface area contributed by atoms with Gasteiger partial charge in [-0.1, -0.05) is 0 Å². The van der Waals surface area contributed by atoms with Gasteiger partial charge in [0.1, 0.15) is 5.82 Å². The molecule has 2 aromatic rings. The Kier molecular flexibility index (Phi) is 4.46. The Labute approximate surface area is 130 Å². The molecule has 1 saturated heterocycles. The van der Waals surface area contributed by atoms with E-state index in [1.165, 1.54) is 0 Å². The maximum atomic E-state index is 12.3. The molecule has 1 aliphatic heterocycles. The fraction of sp³-hybridized carbons (Fsp3) is 0.500. The molecule has 0 N–H and O–H groups in total. The average molecular weight is 299 g/mol. The highest BCUT2D eigenvalue weighted by molar-refractivity contribution is 5.76. The summed E-state index contributed by atoms with van der Waals surface area (Å²) >= 11 is 0. The smallest absolute Gasteiger partial charge is 0.222 e. The summed E-state index contributed by atoms with van der Waals surface area (Å²) in [4.78, 5) is 27.1. The van der Waals surface area contributed by atoms with Gasteiger partial charge >= 0.3 is 0 Å². The van der Waals surface area contributed by atoms with Crippen LogP contribution in [0.15, 0.2) is 31.0 Å². The van der Waals surface area contributed by atoms with Crippen LogP contribution in [0.2, 0.25) is 0 Å². The van der Waals surface area contributed by atoms with Gasteiger partial charge in [-0.3, -0.25) is 4.79 Å². The molecule has 0 spiro atoms. The number of carbonyl (C=O) groups excluding carboxylic acids is 1. The fourth-order valence-electron chi connectivity index (χ4n) is 2.85. The minimum atomic E-state index is 0.232. The van der Waals surface area contributed by atoms with Crippen molar-refractivity contribution in [2.45, 2.75) is 38.6 Å². The van der Waals surface area contributed by atoms with Crippen LogP contribution >= 0.6 is 0 Å². The van der Waals surface area contributed by atoms with Crippen molar-refractivity contribution in [2.24, 2.45) is 0 Å². The number of nitrogens with zero attached hydrogens (tertiary/aromatic N) is 5. The van der Waals surface area contributed by atoms with E-state index < -0.39 is 0 Å². The van der Waals surface area contributed by atoms with E-state index in [9.17, 15) is 4.79 Å². The number of aryl methyl sites for hydroxylation is 2. The molecule has 0 unspecified atom stereocenters. The number of hydrogen-bond acceptors (Lipinski definition) is 4. The van der Waals surface area contributed by atoms with Crippen molar-refractivity contribution in [1.29, 1.82) is 0 Å². The third-order valence-corrected chi connectivity index (χ3v) is 4.09. The molecule has 6 heteroatoms. The van der Waals surface area contributed by atoms with E-state index in [1.54, 1.807) is 18.7 Å². The highest BCUT2D eigenvalue weighted by Crippen LogP contribution is 2.25. The number of likely N-dealkylation sites (tertiary alicyclic amines) is 1. The van der Waals surface area contributed by atoms with Crippen molar-refractivity contribution < 1.29 is 4.79 Å². The van der Waals surface area contributed by atoms with Crippen LogP contribution < -0.4 is 0 Å². The molecule has 0 aromatic carbocycles. The molecular formula is C16H21N5O. The maximum Gasteiger partial charge on any atom is 0.222 e. The van der Waals surface area contributed by atoms with E-state index in [0.717, 1.165) is 44.0 Å². The SMILES string of the molecule is Cc1ccnc([C@@H]2CCN(C(=O)CCCn3ccnc3)C2)n1. The normalized spacial score (nSPS) is 17.9. The molecule has 2 aromatic heterocycles. The van der Waals surface area contributed by atoms with Gasteiger partial charge in [0.05, 0.1) is 6.33 Å². The van der Waals surface area contributed by atoms with E-state index >= 15 is 0 Å². The summed E-state index contributed by atoms with van der Waals surface area (Å²) in [6.45, 7) is 4.36. The van der Waals surface area contributed by atoms with Crippen LogP contribution in [-0.2, 0) is 11.3 Å². The molecule has 0 radical (unpaired) electrons. The number of imidazole rings is 1. The van der Waals surface area contributed by atoms with Crippen molar-refractivity contribution in [2.75, 3.05) is 13.1 Å². The van der Waals surface area contributed by atoms with Crippen molar-refractivity contribution in [3.8, 4) is 0 Å². The Morgan fingerprint density at radius 3 is 3.09 bits per heavy atom. The standard InChI is InChI=1S/C16H21N5O/c1-13-4-6-18-16(19-13)14-5-9-21(11-14)15(22)3-2-8-20-10-7-17-12-20/h4,6-7,10,12,14H,2-3,5,8-9,11H2,1H3/t14-/m1/s1. The summed E-state index contributed by atoms with van der Waals surface area (Å²) in [5.41, 5.74) is 0.982. The van der Waals surface area contributed by atoms with Gasteiger partial charge in [-0.15, -0.1) is 0 Å². The van der Waals surface area contributed by atoms with Crippen LogP contribution in [0, 0.1) is 6.92 Å². The second kappa shape index (κ2) is 6.68. The molecule has 1 atom stereocenters. The monoisotopic (exact) mass is 299 g/mol. The lowest BCUT2D eigenvalue weighted by Crippen LogP contribution is -2.28. The molecule has 116 valence electrons. The number of aromatic nitrogens is 4. The van der Waals surface area contributed by atoms with Gasteiger partial charge in [-0.25, -0.2) is 15.0 Å². The summed E-state index contributed by atoms with van der Waals surface area (Å²) in [6, 6.07) is 1.90. The van der Waals surface area contributed by atoms with Crippen molar-refractivity contribution in [1.82, 2.24) is 24.4 Å². The molecule has 1 aliphatic rings. The van der Waals surface area contributed by atoms with Crippen molar-refractivity contribution in [3.63, 3.8) is 0 Å². The van der Waals surface area contributed by atoms with Gasteiger partial charge in [-0.2, -0.15) is 0 Å². The van der Waals surface area contributed by atoms with Gasteiger partial charge in [0, 0.05) is 56.3 Å². The van der Waals surface area contributed by atoms with Crippen molar-refractivity contribution >= 4 is 5.91 Å². The molecule has 1 amide bonds. The maximum absolute atomic E-state index is 12.3. The van der Waals surface area contributed by atoms with E-state index in [0.29, 0.717) is 6.42 Å². The van der Waals surface area contributed by atoms with Gasteiger partial charge in [-0.05, 0) is 25.8 Å². The zero-order valence-corrected chi connectivity index (χ0v) is 12.9. The Bertz CT molecular complexity index is 625. The Morgan fingerprint density at radius 2 is 2.32 bits per heavy atom. The van der Waals surface area contributed by atoms with Crippen LogP contribution in [0.4, 0.5) is 0 Å². The summed E-state index contributed by atoms with van der Waals surface area (Å²) in [5, 5.41) is 0. The average Bonchev–Trinajstić information content (AvgIpc) is 3.19. The fourth-order valence-corrected chi connectivity index (χ4v) is 2.85. The van der Waals surface area contributed by atoms with E-state index in [2.05, 4.69) is 15.0 Å². The van der Waals surface area contributed by atoms with Crippen LogP contribution in [0.3, 0.4) is 0 Å². The van der Waals surface area contributed by atoms with Gasteiger partial charge in [0.25, 0.3) is 0 Å². The molecule has 0 saturated carbocycles. The second-order valence-electron chi connectivity index (χ2n) is 5.79. The van der Waals surface area contributed by atoms with Crippen molar-refractivity contribution in [3.05, 3.63) is 42.5 Å².